The fourth-order valence-electron chi connectivity index (χ4n) is 4.10. The Bertz CT molecular complexity index is 1490. The molecule has 0 aromatic heterocycles. The van der Waals surface area contributed by atoms with Crippen LogP contribution in [0.15, 0.2) is 78.9 Å². The van der Waals surface area contributed by atoms with E-state index >= 15 is 0 Å². The molecule has 152 valence electrons. The third-order valence-corrected chi connectivity index (χ3v) is 5.39. The van der Waals surface area contributed by atoms with Crippen LogP contribution in [0.1, 0.15) is 0 Å². The molecule has 0 N–H and O–H groups in total. The molecule has 0 bridgehead atoms. The average molecular weight is 420 g/mol. The molecule has 0 heterocycles. The second kappa shape index (κ2) is 7.20. The van der Waals surface area contributed by atoms with Gasteiger partial charge in [0, 0.05) is 17.2 Å². The first kappa shape index (κ1) is 19.2. The van der Waals surface area contributed by atoms with Crippen LogP contribution in [-0.2, 0) is 0 Å². The Balaban J connectivity index is 2.00. The molecular formula is C26H13F5. The second-order valence-electron chi connectivity index (χ2n) is 7.24. The van der Waals surface area contributed by atoms with Crippen LogP contribution >= 0.6 is 0 Å². The van der Waals surface area contributed by atoms with Crippen LogP contribution in [-0.4, -0.2) is 0 Å². The predicted molar refractivity (Wildman–Crippen MR) is 112 cm³/mol. The Kier molecular flexibility index (Phi) is 4.47. The summed E-state index contributed by atoms with van der Waals surface area (Å²) in [4.78, 5) is 0. The summed E-state index contributed by atoms with van der Waals surface area (Å²) in [6, 6.07) is 17.9. The van der Waals surface area contributed by atoms with Crippen LogP contribution in [0.5, 0.6) is 0 Å². The van der Waals surface area contributed by atoms with Gasteiger partial charge < -0.3 is 0 Å². The van der Waals surface area contributed by atoms with E-state index in [9.17, 15) is 22.0 Å². The fraction of sp³-hybridized carbons (Fsp3) is 0. The normalized spacial score (nSPS) is 11.4. The summed E-state index contributed by atoms with van der Waals surface area (Å²) in [5, 5.41) is 2.13. The molecule has 5 aromatic carbocycles. The molecule has 5 heteroatoms. The zero-order valence-electron chi connectivity index (χ0n) is 15.9. The number of rotatable bonds is 2. The summed E-state index contributed by atoms with van der Waals surface area (Å²) >= 11 is 0. The van der Waals surface area contributed by atoms with Gasteiger partial charge in [0.05, 0.1) is 0 Å². The summed E-state index contributed by atoms with van der Waals surface area (Å²) in [6.45, 7) is 0. The lowest BCUT2D eigenvalue weighted by Gasteiger charge is -2.18. The van der Waals surface area contributed by atoms with Gasteiger partial charge in [0.1, 0.15) is 17.5 Å². The number of fused-ring (bicyclic) bond motifs is 2. The van der Waals surface area contributed by atoms with E-state index in [2.05, 4.69) is 0 Å². The Morgan fingerprint density at radius 2 is 1.06 bits per heavy atom. The summed E-state index contributed by atoms with van der Waals surface area (Å²) in [5.74, 6) is -4.03. The van der Waals surface area contributed by atoms with Crippen LogP contribution in [0.3, 0.4) is 0 Å². The van der Waals surface area contributed by atoms with Crippen molar-refractivity contribution in [3.63, 3.8) is 0 Å². The highest BCUT2D eigenvalue weighted by Gasteiger charge is 2.20. The standard InChI is InChI=1S/C26H13F5/c27-15-6-8-19-21(12-15)26(20-9-7-16(28)13-23(20)30)18-4-2-1-3-17(18)25(19)14-5-10-22(29)24(31)11-14/h1-13H. The van der Waals surface area contributed by atoms with E-state index in [4.69, 9.17) is 0 Å². The molecule has 5 aromatic rings. The second-order valence-corrected chi connectivity index (χ2v) is 7.24. The smallest absolute Gasteiger partial charge is 0.159 e. The van der Waals surface area contributed by atoms with Crippen molar-refractivity contribution in [2.75, 3.05) is 0 Å². The first-order valence-electron chi connectivity index (χ1n) is 9.49. The lowest BCUT2D eigenvalue weighted by Crippen LogP contribution is -1.94. The largest absolute Gasteiger partial charge is 0.207 e. The molecule has 0 spiro atoms. The molecule has 0 aliphatic rings. The maximum Gasteiger partial charge on any atom is 0.159 e. The topological polar surface area (TPSA) is 0 Å². The van der Waals surface area contributed by atoms with E-state index in [1.165, 1.54) is 30.3 Å². The maximum absolute atomic E-state index is 14.8. The van der Waals surface area contributed by atoms with E-state index in [0.717, 1.165) is 24.3 Å². The van der Waals surface area contributed by atoms with E-state index in [1.807, 2.05) is 0 Å². The molecule has 31 heavy (non-hydrogen) atoms. The van der Waals surface area contributed by atoms with Gasteiger partial charge in [0.15, 0.2) is 11.6 Å². The van der Waals surface area contributed by atoms with E-state index in [1.54, 1.807) is 24.3 Å². The van der Waals surface area contributed by atoms with Gasteiger partial charge in [0.25, 0.3) is 0 Å². The van der Waals surface area contributed by atoms with Gasteiger partial charge in [-0.2, -0.15) is 0 Å². The van der Waals surface area contributed by atoms with Crippen molar-refractivity contribution in [1.29, 1.82) is 0 Å². The van der Waals surface area contributed by atoms with Gasteiger partial charge in [-0.15, -0.1) is 0 Å². The van der Waals surface area contributed by atoms with Crippen molar-refractivity contribution < 1.29 is 22.0 Å². The molecule has 0 amide bonds. The summed E-state index contributed by atoms with van der Waals surface area (Å²) in [5.41, 5.74) is 1.48. The van der Waals surface area contributed by atoms with E-state index in [-0.39, 0.29) is 5.56 Å². The third kappa shape index (κ3) is 3.13. The van der Waals surface area contributed by atoms with E-state index < -0.39 is 29.1 Å². The molecule has 0 saturated carbocycles. The molecule has 0 aliphatic heterocycles. The van der Waals surface area contributed by atoms with Gasteiger partial charge in [0.2, 0.25) is 0 Å². The van der Waals surface area contributed by atoms with Crippen molar-refractivity contribution in [3.05, 3.63) is 108 Å². The highest BCUT2D eigenvalue weighted by atomic mass is 19.2. The molecule has 0 unspecified atom stereocenters. The van der Waals surface area contributed by atoms with Crippen LogP contribution in [0.4, 0.5) is 22.0 Å². The highest BCUT2D eigenvalue weighted by Crippen LogP contribution is 2.44. The van der Waals surface area contributed by atoms with Crippen molar-refractivity contribution in [1.82, 2.24) is 0 Å². The summed E-state index contributed by atoms with van der Waals surface area (Å²) in [7, 11) is 0. The van der Waals surface area contributed by atoms with Gasteiger partial charge >= 0.3 is 0 Å². The minimum absolute atomic E-state index is 0.116. The Morgan fingerprint density at radius 1 is 0.419 bits per heavy atom. The Labute approximate surface area is 174 Å². The monoisotopic (exact) mass is 420 g/mol. The zero-order chi connectivity index (χ0) is 21.7. The van der Waals surface area contributed by atoms with E-state index in [0.29, 0.717) is 38.2 Å². The average Bonchev–Trinajstić information content (AvgIpc) is 2.75. The lowest BCUT2D eigenvalue weighted by atomic mass is 9.86. The first-order valence-corrected chi connectivity index (χ1v) is 9.49. The molecule has 0 saturated heterocycles. The Hall–Kier alpha value is -3.73. The zero-order valence-corrected chi connectivity index (χ0v) is 15.9. The number of benzene rings is 5. The fourth-order valence-corrected chi connectivity index (χ4v) is 4.10. The number of hydrogen-bond donors (Lipinski definition) is 0. The molecule has 0 radical (unpaired) electrons. The SMILES string of the molecule is Fc1ccc(-c2c3ccccc3c(-c3ccc(F)c(F)c3)c3ccc(F)cc23)c(F)c1. The van der Waals surface area contributed by atoms with Gasteiger partial charge in [-0.25, -0.2) is 22.0 Å². The van der Waals surface area contributed by atoms with Crippen LogP contribution in [0.25, 0.3) is 43.8 Å². The minimum atomic E-state index is -1.01. The molecule has 0 fully saturated rings. The number of hydrogen-bond acceptors (Lipinski definition) is 0. The van der Waals surface area contributed by atoms with Crippen molar-refractivity contribution >= 4 is 21.5 Å². The minimum Gasteiger partial charge on any atom is -0.207 e. The first-order chi connectivity index (χ1) is 14.9. The van der Waals surface area contributed by atoms with Crippen LogP contribution < -0.4 is 0 Å². The molecule has 0 nitrogen and oxygen atoms in total. The summed E-state index contributed by atoms with van der Waals surface area (Å²) < 4.78 is 70.2. The molecule has 0 aliphatic carbocycles. The number of halogens is 5. The Morgan fingerprint density at radius 3 is 1.77 bits per heavy atom. The molecule has 5 rings (SSSR count). The molecule has 0 atom stereocenters. The van der Waals surface area contributed by atoms with Crippen LogP contribution in [0, 0.1) is 29.1 Å². The summed E-state index contributed by atoms with van der Waals surface area (Å²) in [6.07, 6.45) is 0. The highest BCUT2D eigenvalue weighted by molar-refractivity contribution is 6.21. The third-order valence-electron chi connectivity index (χ3n) is 5.39. The van der Waals surface area contributed by atoms with Crippen molar-refractivity contribution in [2.24, 2.45) is 0 Å². The molecular weight excluding hydrogens is 407 g/mol. The quantitative estimate of drug-likeness (QED) is 0.200. The maximum atomic E-state index is 14.8. The lowest BCUT2D eigenvalue weighted by molar-refractivity contribution is 0.509. The predicted octanol–water partition coefficient (Wildman–Crippen LogP) is 8.02. The van der Waals surface area contributed by atoms with Crippen molar-refractivity contribution in [3.8, 4) is 22.3 Å². The van der Waals surface area contributed by atoms with Gasteiger partial charge in [-0.1, -0.05) is 36.4 Å². The van der Waals surface area contributed by atoms with Gasteiger partial charge in [-0.3, -0.25) is 0 Å². The van der Waals surface area contributed by atoms with Crippen molar-refractivity contribution in [2.45, 2.75) is 0 Å². The van der Waals surface area contributed by atoms with Gasteiger partial charge in [-0.05, 0) is 69.1 Å². The van der Waals surface area contributed by atoms with Crippen LogP contribution in [0.2, 0.25) is 0 Å².